The topological polar surface area (TPSA) is 26.3 Å². The van der Waals surface area contributed by atoms with Gasteiger partial charge in [0.25, 0.3) is 6.47 Å². The van der Waals surface area contributed by atoms with Crippen molar-refractivity contribution in [1.82, 2.24) is 0 Å². The number of hydrogen-bond acceptors (Lipinski definition) is 2. The summed E-state index contributed by atoms with van der Waals surface area (Å²) in [6.45, 7) is 2.97. The van der Waals surface area contributed by atoms with E-state index in [2.05, 4.69) is 6.92 Å². The lowest BCUT2D eigenvalue weighted by Crippen LogP contribution is -2.15. The Balaban J connectivity index is 1.88. The first-order valence-electron chi connectivity index (χ1n) is 4.36. The summed E-state index contributed by atoms with van der Waals surface area (Å²) < 4.78 is 5.10. The zero-order valence-electron chi connectivity index (χ0n) is 6.62. The summed E-state index contributed by atoms with van der Waals surface area (Å²) >= 11 is 0. The molecule has 0 N–H and O–H groups in total. The highest BCUT2D eigenvalue weighted by molar-refractivity contribution is 5.40. The molecule has 2 nitrogen and oxygen atoms in total. The molecule has 11 heavy (non-hydrogen) atoms. The van der Waals surface area contributed by atoms with Crippen LogP contribution in [-0.2, 0) is 9.53 Å². The van der Waals surface area contributed by atoms with E-state index in [-0.39, 0.29) is 0 Å². The molecule has 0 amide bonds. The minimum Gasteiger partial charge on any atom is -0.464 e. The molecule has 4 bridgehead atoms. The summed E-state index contributed by atoms with van der Waals surface area (Å²) in [5.41, 5.74) is 0.582. The predicted octanol–water partition coefficient (Wildman–Crippen LogP) is 1.20. The average Bonchev–Trinajstić information content (AvgIpc) is 2.37. The van der Waals surface area contributed by atoms with E-state index in [1.807, 2.05) is 0 Å². The Morgan fingerprint density at radius 3 is 2.82 bits per heavy atom. The van der Waals surface area contributed by atoms with Crippen LogP contribution in [0.4, 0.5) is 0 Å². The van der Waals surface area contributed by atoms with Gasteiger partial charge in [0.15, 0.2) is 0 Å². The third-order valence-electron chi connectivity index (χ3n) is 4.22. The van der Waals surface area contributed by atoms with Crippen LogP contribution in [0.1, 0.15) is 19.8 Å². The van der Waals surface area contributed by atoms with Gasteiger partial charge in [0, 0.05) is 5.92 Å². The van der Waals surface area contributed by atoms with Gasteiger partial charge in [-0.3, -0.25) is 4.79 Å². The van der Waals surface area contributed by atoms with E-state index >= 15 is 0 Å². The molecule has 0 heterocycles. The molecule has 0 spiro atoms. The third kappa shape index (κ3) is 0.472. The molecule has 4 saturated carbocycles. The molecule has 0 aromatic heterocycles. The molecule has 0 aromatic carbocycles. The Morgan fingerprint density at radius 1 is 1.64 bits per heavy atom. The largest absolute Gasteiger partial charge is 0.464 e. The fourth-order valence-electron chi connectivity index (χ4n) is 3.78. The van der Waals surface area contributed by atoms with Gasteiger partial charge in [-0.1, -0.05) is 6.92 Å². The van der Waals surface area contributed by atoms with E-state index in [4.69, 9.17) is 4.74 Å². The van der Waals surface area contributed by atoms with Gasteiger partial charge in [-0.15, -0.1) is 0 Å². The molecule has 60 valence electrons. The smallest absolute Gasteiger partial charge is 0.293 e. The summed E-state index contributed by atoms with van der Waals surface area (Å²) in [5, 5.41) is 0. The predicted molar refractivity (Wildman–Crippen MR) is 38.7 cm³/mol. The van der Waals surface area contributed by atoms with Gasteiger partial charge in [0.2, 0.25) is 0 Å². The van der Waals surface area contributed by atoms with E-state index in [1.165, 1.54) is 12.8 Å². The van der Waals surface area contributed by atoms with Crippen molar-refractivity contribution in [2.75, 3.05) is 0 Å². The Hall–Kier alpha value is -0.530. The Labute approximate surface area is 65.9 Å². The molecular formula is C9H12O2. The normalized spacial score (nSPS) is 63.0. The van der Waals surface area contributed by atoms with Crippen molar-refractivity contribution in [3.05, 3.63) is 0 Å². The van der Waals surface area contributed by atoms with Gasteiger partial charge < -0.3 is 4.74 Å². The zero-order valence-corrected chi connectivity index (χ0v) is 6.62. The second kappa shape index (κ2) is 1.47. The maximum absolute atomic E-state index is 10.2. The lowest BCUT2D eigenvalue weighted by molar-refractivity contribution is -0.135. The van der Waals surface area contributed by atoms with E-state index in [0.29, 0.717) is 23.9 Å². The molecule has 0 unspecified atom stereocenters. The van der Waals surface area contributed by atoms with Crippen molar-refractivity contribution >= 4 is 6.47 Å². The van der Waals surface area contributed by atoms with Crippen LogP contribution in [0.3, 0.4) is 0 Å². The van der Waals surface area contributed by atoms with E-state index in [1.54, 1.807) is 0 Å². The number of carbonyl (C=O) groups excluding carboxylic acids is 1. The van der Waals surface area contributed by atoms with E-state index < -0.39 is 0 Å². The number of ether oxygens (including phenoxy) is 1. The van der Waals surface area contributed by atoms with E-state index in [9.17, 15) is 4.79 Å². The van der Waals surface area contributed by atoms with Gasteiger partial charge in [-0.2, -0.15) is 0 Å². The monoisotopic (exact) mass is 152 g/mol. The molecule has 2 heteroatoms. The highest BCUT2D eigenvalue weighted by Crippen LogP contribution is 2.79. The molecule has 0 saturated heterocycles. The zero-order chi connectivity index (χ0) is 7.64. The Bertz CT molecular complexity index is 226. The number of rotatable bonds is 2. The first-order chi connectivity index (χ1) is 5.27. The van der Waals surface area contributed by atoms with Crippen molar-refractivity contribution < 1.29 is 9.53 Å². The van der Waals surface area contributed by atoms with Crippen LogP contribution in [0, 0.1) is 23.2 Å². The molecule has 4 rings (SSSR count). The van der Waals surface area contributed by atoms with Crippen LogP contribution >= 0.6 is 0 Å². The van der Waals surface area contributed by atoms with E-state index in [0.717, 1.165) is 11.8 Å². The van der Waals surface area contributed by atoms with Gasteiger partial charge >= 0.3 is 0 Å². The first kappa shape index (κ1) is 6.04. The molecule has 0 aliphatic heterocycles. The van der Waals surface area contributed by atoms with Gasteiger partial charge in [-0.05, 0) is 30.1 Å². The summed E-state index contributed by atoms with van der Waals surface area (Å²) in [6.07, 6.45) is 2.92. The molecule has 5 atom stereocenters. The van der Waals surface area contributed by atoms with Crippen molar-refractivity contribution in [1.29, 1.82) is 0 Å². The van der Waals surface area contributed by atoms with Crippen LogP contribution in [0.15, 0.2) is 0 Å². The lowest BCUT2D eigenvalue weighted by atomic mass is 10.1. The molecular weight excluding hydrogens is 140 g/mol. The van der Waals surface area contributed by atoms with Crippen LogP contribution in [-0.4, -0.2) is 12.6 Å². The maximum Gasteiger partial charge on any atom is 0.293 e. The third-order valence-corrected chi connectivity index (χ3v) is 4.22. The van der Waals surface area contributed by atoms with Crippen LogP contribution in [0.2, 0.25) is 0 Å². The number of hydrogen-bond donors (Lipinski definition) is 0. The molecule has 4 aliphatic carbocycles. The molecule has 4 fully saturated rings. The standard InChI is InChI=1S/C9H12O2/c1-9-3-5-2-6(9)7(9)8(5)11-4-10/h4-8H,2-3H2,1H3/t5-,6+,7+,8+,9+/m0/s1. The molecule has 0 aromatic rings. The quantitative estimate of drug-likeness (QED) is 0.556. The lowest BCUT2D eigenvalue weighted by Gasteiger charge is -2.10. The van der Waals surface area contributed by atoms with Crippen LogP contribution in [0.5, 0.6) is 0 Å². The minimum atomic E-state index is 0.294. The summed E-state index contributed by atoms with van der Waals surface area (Å²) in [5.74, 6) is 2.34. The highest BCUT2D eigenvalue weighted by Gasteiger charge is 2.77. The van der Waals surface area contributed by atoms with Gasteiger partial charge in [0.05, 0.1) is 0 Å². The summed E-state index contributed by atoms with van der Waals surface area (Å²) in [4.78, 5) is 10.2. The average molecular weight is 152 g/mol. The maximum atomic E-state index is 10.2. The fourth-order valence-corrected chi connectivity index (χ4v) is 3.78. The van der Waals surface area contributed by atoms with Crippen molar-refractivity contribution in [2.45, 2.75) is 25.9 Å². The number of carbonyl (C=O) groups is 1. The molecule has 0 radical (unpaired) electrons. The van der Waals surface area contributed by atoms with Crippen molar-refractivity contribution in [3.8, 4) is 0 Å². The van der Waals surface area contributed by atoms with Gasteiger partial charge in [-0.25, -0.2) is 0 Å². The molecule has 4 aliphatic rings. The van der Waals surface area contributed by atoms with Crippen molar-refractivity contribution in [3.63, 3.8) is 0 Å². The van der Waals surface area contributed by atoms with Crippen molar-refractivity contribution in [2.24, 2.45) is 23.2 Å². The minimum absolute atomic E-state index is 0.294. The second-order valence-corrected chi connectivity index (χ2v) is 4.53. The highest BCUT2D eigenvalue weighted by atomic mass is 16.5. The second-order valence-electron chi connectivity index (χ2n) is 4.53. The fraction of sp³-hybridized carbons (Fsp3) is 0.889. The van der Waals surface area contributed by atoms with Crippen LogP contribution in [0.25, 0.3) is 0 Å². The Kier molecular flexibility index (Phi) is 0.809. The summed E-state index contributed by atoms with van der Waals surface area (Å²) in [6, 6.07) is 0. The first-order valence-corrected chi connectivity index (χ1v) is 4.36. The summed E-state index contributed by atoms with van der Waals surface area (Å²) in [7, 11) is 0. The SMILES string of the molecule is C[C@@]12C[C@@H]3C[C@@H]1[C@@H]2[C@@H]3OC=O. The van der Waals surface area contributed by atoms with Crippen LogP contribution < -0.4 is 0 Å². The Morgan fingerprint density at radius 2 is 2.45 bits per heavy atom. The van der Waals surface area contributed by atoms with Gasteiger partial charge in [0.1, 0.15) is 6.10 Å².